The van der Waals surface area contributed by atoms with E-state index in [0.717, 1.165) is 21.9 Å². The van der Waals surface area contributed by atoms with Crippen LogP contribution in [0.2, 0.25) is 0 Å². The summed E-state index contributed by atoms with van der Waals surface area (Å²) < 4.78 is 6.56. The highest BCUT2D eigenvalue weighted by Gasteiger charge is 2.51. The molecule has 1 unspecified atom stereocenters. The molecule has 0 radical (unpaired) electrons. The van der Waals surface area contributed by atoms with E-state index in [9.17, 15) is 0 Å². The number of rotatable bonds is 6. The van der Waals surface area contributed by atoms with Crippen molar-refractivity contribution in [2.24, 2.45) is 10.4 Å². The van der Waals surface area contributed by atoms with Gasteiger partial charge in [0.1, 0.15) is 0 Å². The van der Waals surface area contributed by atoms with Crippen LogP contribution in [-0.4, -0.2) is 11.3 Å². The molecule has 0 amide bonds. The van der Waals surface area contributed by atoms with E-state index in [2.05, 4.69) is 176 Å². The molecule has 2 aliphatic carbocycles. The van der Waals surface area contributed by atoms with Crippen molar-refractivity contribution in [2.75, 3.05) is 0 Å². The van der Waals surface area contributed by atoms with E-state index in [1.54, 1.807) is 0 Å². The Kier molecular flexibility index (Phi) is 7.78. The number of nitrogens with zero attached hydrogens (tertiary/aromatic N) is 1. The largest absolute Gasteiger partial charge is 0.304 e. The summed E-state index contributed by atoms with van der Waals surface area (Å²) in [7, 11) is 0. The predicted molar refractivity (Wildman–Crippen MR) is 212 cm³/mol. The first kappa shape index (κ1) is 32.5. The van der Waals surface area contributed by atoms with Crippen LogP contribution in [0, 0.1) is 12.3 Å². The molecule has 0 N–H and O–H groups in total. The summed E-state index contributed by atoms with van der Waals surface area (Å²) >= 11 is 1.50. The van der Waals surface area contributed by atoms with Crippen LogP contribution in [0.5, 0.6) is 0 Å². The third-order valence-corrected chi connectivity index (χ3v) is 12.2. The maximum Gasteiger partial charge on any atom is 0.0825 e. The summed E-state index contributed by atoms with van der Waals surface area (Å²) in [5, 5.41) is 0. The zero-order chi connectivity index (χ0) is 34.8. The highest BCUT2D eigenvalue weighted by molar-refractivity contribution is 7.94. The zero-order valence-electron chi connectivity index (χ0n) is 30.0. The van der Waals surface area contributed by atoms with Crippen molar-refractivity contribution in [1.29, 1.82) is 0 Å². The second-order valence-corrected chi connectivity index (χ2v) is 16.1. The van der Waals surface area contributed by atoms with Crippen LogP contribution in [0.4, 0.5) is 5.69 Å². The number of aryl methyl sites for hydroxylation is 1. The van der Waals surface area contributed by atoms with Gasteiger partial charge in [-0.25, -0.2) is 0 Å². The van der Waals surface area contributed by atoms with Crippen molar-refractivity contribution < 1.29 is 4.18 Å². The van der Waals surface area contributed by atoms with Gasteiger partial charge >= 0.3 is 0 Å². The van der Waals surface area contributed by atoms with Gasteiger partial charge < -0.3 is 4.18 Å². The molecule has 0 heterocycles. The van der Waals surface area contributed by atoms with Crippen molar-refractivity contribution in [3.05, 3.63) is 167 Å². The lowest BCUT2D eigenvalue weighted by Crippen LogP contribution is -2.37. The van der Waals surface area contributed by atoms with E-state index in [1.165, 1.54) is 73.2 Å². The van der Waals surface area contributed by atoms with Gasteiger partial charge in [-0.05, 0) is 124 Å². The number of fused-ring (bicyclic) bond motifs is 10. The maximum absolute atomic E-state index is 6.56. The second kappa shape index (κ2) is 12.0. The van der Waals surface area contributed by atoms with Crippen LogP contribution in [0.3, 0.4) is 0 Å². The molecule has 0 saturated heterocycles. The third kappa shape index (κ3) is 5.10. The quantitative estimate of drug-likeness (QED) is 0.130. The van der Waals surface area contributed by atoms with Crippen molar-refractivity contribution in [3.8, 4) is 33.4 Å². The van der Waals surface area contributed by atoms with Gasteiger partial charge in [-0.3, -0.25) is 4.99 Å². The van der Waals surface area contributed by atoms with Crippen LogP contribution in [0.1, 0.15) is 74.9 Å². The summed E-state index contributed by atoms with van der Waals surface area (Å²) in [5.74, 6) is 0. The summed E-state index contributed by atoms with van der Waals surface area (Å²) in [6.45, 7) is 15.3. The van der Waals surface area contributed by atoms with Crippen LogP contribution < -0.4 is 0 Å². The lowest BCUT2D eigenvalue weighted by Gasteiger charge is -2.37. The van der Waals surface area contributed by atoms with Gasteiger partial charge in [0.25, 0.3) is 0 Å². The first-order chi connectivity index (χ1) is 24.0. The van der Waals surface area contributed by atoms with E-state index < -0.39 is 5.41 Å². The molecule has 0 aromatic heterocycles. The van der Waals surface area contributed by atoms with Crippen LogP contribution >= 0.6 is 12.0 Å². The molecule has 248 valence electrons. The van der Waals surface area contributed by atoms with Crippen molar-refractivity contribution in [1.82, 2.24) is 0 Å². The minimum absolute atomic E-state index is 0.00144. The molecule has 3 heteroatoms. The Bertz CT molecular complexity index is 2290. The Morgan fingerprint density at radius 1 is 0.580 bits per heavy atom. The fourth-order valence-electron chi connectivity index (χ4n) is 7.46. The number of hydrogen-bond acceptors (Lipinski definition) is 3. The van der Waals surface area contributed by atoms with Crippen molar-refractivity contribution >= 4 is 23.4 Å². The van der Waals surface area contributed by atoms with E-state index in [1.807, 2.05) is 6.07 Å². The van der Waals surface area contributed by atoms with E-state index in [0.29, 0.717) is 0 Å². The average molecular weight is 670 g/mol. The summed E-state index contributed by atoms with van der Waals surface area (Å²) in [6.07, 6.45) is 0. The first-order valence-corrected chi connectivity index (χ1v) is 18.3. The van der Waals surface area contributed by atoms with Crippen LogP contribution in [0.25, 0.3) is 33.4 Å². The molecule has 6 aromatic rings. The topological polar surface area (TPSA) is 21.6 Å². The molecule has 2 nitrogen and oxygen atoms in total. The smallest absolute Gasteiger partial charge is 0.0825 e. The molecular weight excluding hydrogens is 627 g/mol. The molecule has 0 bridgehead atoms. The fraction of sp³-hybridized carbons (Fsp3) is 0.213. The average Bonchev–Trinajstić information content (AvgIpc) is 3.58. The Hall–Kier alpha value is -4.70. The van der Waals surface area contributed by atoms with Crippen molar-refractivity contribution in [2.45, 2.75) is 64.4 Å². The Morgan fingerprint density at radius 3 is 1.76 bits per heavy atom. The SMILES string of the molecule is CC(=Nc1ccccc1C)c1ccc(-c2ccc3c(c2)C2(c4ccccc4-c4ccc(SOC(C)(C)C(C)(C)C)cc42)c2ccccc2-3)cc1. The molecule has 0 aliphatic heterocycles. The van der Waals surface area contributed by atoms with Gasteiger partial charge in [-0.1, -0.05) is 130 Å². The minimum atomic E-state index is -0.430. The predicted octanol–water partition coefficient (Wildman–Crippen LogP) is 13.0. The van der Waals surface area contributed by atoms with Gasteiger partial charge in [-0.2, -0.15) is 0 Å². The van der Waals surface area contributed by atoms with Crippen LogP contribution in [-0.2, 0) is 9.60 Å². The molecule has 8 rings (SSSR count). The Morgan fingerprint density at radius 2 is 1.12 bits per heavy atom. The standard InChI is InChI=1S/C47H43NOS/c1-30-14-8-13-19-44(30)48-31(2)32-20-22-33(23-21-32)34-24-26-38-36-15-9-11-17-40(36)47(42(38)28-34)41-18-12-10-16-37(41)39-27-25-35(29-43(39)47)50-49-46(6,7)45(3,4)5/h8-29H,1-7H3. The lowest BCUT2D eigenvalue weighted by molar-refractivity contribution is 0.0195. The second-order valence-electron chi connectivity index (χ2n) is 15.3. The normalized spacial score (nSPS) is 16.3. The van der Waals surface area contributed by atoms with Gasteiger partial charge in [0.2, 0.25) is 0 Å². The van der Waals surface area contributed by atoms with Gasteiger partial charge in [0.15, 0.2) is 0 Å². The number of para-hydroxylation sites is 1. The molecule has 1 spiro atoms. The highest BCUT2D eigenvalue weighted by Crippen LogP contribution is 2.63. The van der Waals surface area contributed by atoms with Gasteiger partial charge in [0.05, 0.1) is 16.7 Å². The number of hydrogen-bond donors (Lipinski definition) is 0. The summed E-state index contributed by atoms with van der Waals surface area (Å²) in [4.78, 5) is 6.06. The molecule has 1 atom stereocenters. The number of aliphatic imine (C=N–C) groups is 1. The summed E-state index contributed by atoms with van der Waals surface area (Å²) in [5.41, 5.74) is 16.5. The summed E-state index contributed by atoms with van der Waals surface area (Å²) in [6, 6.07) is 49.2. The van der Waals surface area contributed by atoms with Crippen LogP contribution in [0.15, 0.2) is 143 Å². The fourth-order valence-corrected chi connectivity index (χ4v) is 8.31. The van der Waals surface area contributed by atoms with E-state index in [-0.39, 0.29) is 11.0 Å². The number of benzene rings is 6. The maximum atomic E-state index is 6.56. The molecule has 2 aliphatic rings. The molecule has 50 heavy (non-hydrogen) atoms. The molecule has 0 saturated carbocycles. The first-order valence-electron chi connectivity index (χ1n) is 17.6. The third-order valence-electron chi connectivity index (χ3n) is 11.3. The Labute approximate surface area is 301 Å². The lowest BCUT2D eigenvalue weighted by atomic mass is 9.70. The zero-order valence-corrected chi connectivity index (χ0v) is 30.8. The monoisotopic (exact) mass is 669 g/mol. The van der Waals surface area contributed by atoms with Gasteiger partial charge in [0, 0.05) is 22.6 Å². The Balaban J connectivity index is 1.25. The van der Waals surface area contributed by atoms with E-state index in [4.69, 9.17) is 9.18 Å². The van der Waals surface area contributed by atoms with E-state index >= 15 is 0 Å². The molecule has 6 aromatic carbocycles. The van der Waals surface area contributed by atoms with Gasteiger partial charge in [-0.15, -0.1) is 0 Å². The minimum Gasteiger partial charge on any atom is -0.304 e. The molecule has 0 fully saturated rings. The highest BCUT2D eigenvalue weighted by atomic mass is 32.2. The molecular formula is C47H43NOS. The van der Waals surface area contributed by atoms with Crippen molar-refractivity contribution in [3.63, 3.8) is 0 Å².